The van der Waals surface area contributed by atoms with Crippen molar-refractivity contribution in [3.05, 3.63) is 58.4 Å². The van der Waals surface area contributed by atoms with E-state index < -0.39 is 62.2 Å². The van der Waals surface area contributed by atoms with E-state index in [1.165, 1.54) is 0 Å². The fraction of sp³-hybridized carbons (Fsp3) is 0.278. The second-order valence-electron chi connectivity index (χ2n) is 7.19. The van der Waals surface area contributed by atoms with Gasteiger partial charge in [0.25, 0.3) is 0 Å². The summed E-state index contributed by atoms with van der Waals surface area (Å²) in [6.45, 7) is 0. The van der Waals surface area contributed by atoms with Gasteiger partial charge in [-0.2, -0.15) is 22.8 Å². The summed E-state index contributed by atoms with van der Waals surface area (Å²) in [5.41, 5.74) is -11.8. The summed E-state index contributed by atoms with van der Waals surface area (Å²) in [4.78, 5) is 0. The van der Waals surface area contributed by atoms with Gasteiger partial charge in [0.15, 0.2) is 5.60 Å². The zero-order chi connectivity index (χ0) is 22.5. The summed E-state index contributed by atoms with van der Waals surface area (Å²) < 4.78 is 92.5. The molecule has 0 bridgehead atoms. The number of benzene rings is 2. The number of alkyl halides is 5. The summed E-state index contributed by atoms with van der Waals surface area (Å²) in [6, 6.07) is 5.42. The molecule has 2 aliphatic rings. The second-order valence-corrected chi connectivity index (χ2v) is 7.19. The number of nitriles is 1. The lowest BCUT2D eigenvalue weighted by molar-refractivity contribution is -0.292. The van der Waals surface area contributed by atoms with Gasteiger partial charge < -0.3 is 9.84 Å². The first-order valence-electron chi connectivity index (χ1n) is 8.25. The van der Waals surface area contributed by atoms with Crippen molar-refractivity contribution in [1.29, 1.82) is 5.26 Å². The summed E-state index contributed by atoms with van der Waals surface area (Å²) in [6.07, 6.45) is 0. The van der Waals surface area contributed by atoms with Gasteiger partial charge in [-0.25, -0.2) is 4.39 Å². The van der Waals surface area contributed by atoms with Crippen LogP contribution in [0, 0.1) is 17.1 Å². The van der Waals surface area contributed by atoms with Crippen LogP contribution in [0.3, 0.4) is 0 Å². The highest BCUT2D eigenvalue weighted by atomic mass is 19.3. The molecule has 3 nitrogen and oxygen atoms in total. The zero-order valence-corrected chi connectivity index (χ0v) is 14.7. The average Bonchev–Trinajstić information content (AvgIpc) is 2.85. The third kappa shape index (κ3) is 2.04. The van der Waals surface area contributed by atoms with Crippen molar-refractivity contribution in [3.8, 4) is 17.6 Å². The van der Waals surface area contributed by atoms with Crippen molar-refractivity contribution in [2.75, 3.05) is 0 Å². The third-order valence-corrected chi connectivity index (χ3v) is 5.51. The van der Waals surface area contributed by atoms with Gasteiger partial charge in [0.1, 0.15) is 25.2 Å². The van der Waals surface area contributed by atoms with Crippen LogP contribution >= 0.6 is 0 Å². The highest BCUT2D eigenvalue weighted by Gasteiger charge is 2.85. The van der Waals surface area contributed by atoms with Crippen LogP contribution in [0.4, 0.5) is 26.3 Å². The molecule has 0 saturated carbocycles. The lowest BCUT2D eigenvalue weighted by Crippen LogP contribution is -2.58. The fourth-order valence-corrected chi connectivity index (χ4v) is 3.97. The minimum atomic E-state index is -5.32. The third-order valence-electron chi connectivity index (χ3n) is 5.51. The molecule has 0 aromatic heterocycles. The van der Waals surface area contributed by atoms with Gasteiger partial charge in [-0.1, -0.05) is 0 Å². The lowest BCUT2D eigenvalue weighted by atomic mass is 9.37. The molecule has 0 unspecified atom stereocenters. The van der Waals surface area contributed by atoms with Gasteiger partial charge in [0.2, 0.25) is 0 Å². The summed E-state index contributed by atoms with van der Waals surface area (Å²) >= 11 is 0. The molecular weight excluding hydrogens is 409 g/mol. The maximum atomic E-state index is 15.5. The van der Waals surface area contributed by atoms with E-state index in [9.17, 15) is 27.1 Å². The first-order chi connectivity index (χ1) is 13.6. The second kappa shape index (κ2) is 5.58. The van der Waals surface area contributed by atoms with Gasteiger partial charge in [0, 0.05) is 22.8 Å². The molecule has 6 radical (unpaired) electrons. The van der Waals surface area contributed by atoms with Crippen LogP contribution in [-0.2, 0) is 17.1 Å². The van der Waals surface area contributed by atoms with Crippen molar-refractivity contribution in [2.24, 2.45) is 0 Å². The molecular formula is C18H6B3F6NO2. The molecule has 2 aliphatic carbocycles. The van der Waals surface area contributed by atoms with E-state index in [1.807, 2.05) is 0 Å². The average molecular weight is 415 g/mol. The topological polar surface area (TPSA) is 53.2 Å². The molecule has 4 rings (SSSR count). The van der Waals surface area contributed by atoms with Crippen molar-refractivity contribution in [1.82, 2.24) is 0 Å². The molecule has 0 fully saturated rings. The number of hydrogen-bond acceptors (Lipinski definition) is 3. The quantitative estimate of drug-likeness (QED) is 0.607. The number of aliphatic hydroxyl groups is 1. The molecule has 0 saturated heterocycles. The van der Waals surface area contributed by atoms with Crippen LogP contribution in [0.2, 0.25) is 5.21 Å². The Kier molecular flexibility index (Phi) is 3.85. The summed E-state index contributed by atoms with van der Waals surface area (Å²) in [5.74, 6) is -12.3. The van der Waals surface area contributed by atoms with Crippen molar-refractivity contribution >= 4 is 23.5 Å². The van der Waals surface area contributed by atoms with E-state index in [0.717, 1.165) is 18.2 Å². The van der Waals surface area contributed by atoms with Crippen molar-refractivity contribution in [3.63, 3.8) is 0 Å². The predicted octanol–water partition coefficient (Wildman–Crippen LogP) is 3.18. The monoisotopic (exact) mass is 415 g/mol. The van der Waals surface area contributed by atoms with Crippen molar-refractivity contribution in [2.45, 2.75) is 28.2 Å². The fourth-order valence-electron chi connectivity index (χ4n) is 3.97. The van der Waals surface area contributed by atoms with Gasteiger partial charge >= 0.3 is 11.8 Å². The molecule has 0 amide bonds. The Hall–Kier alpha value is -2.54. The number of hydrogen-bond donors (Lipinski definition) is 1. The number of nitrogens with zero attached hydrogens (tertiary/aromatic N) is 1. The minimum absolute atomic E-state index is 0.205. The zero-order valence-electron chi connectivity index (χ0n) is 14.7. The van der Waals surface area contributed by atoms with Crippen molar-refractivity contribution < 1.29 is 36.2 Å². The number of ether oxygens (including phenoxy) is 1. The lowest BCUT2D eigenvalue weighted by Gasteiger charge is -2.46. The van der Waals surface area contributed by atoms with Crippen LogP contribution in [0.5, 0.6) is 11.5 Å². The molecule has 0 heterocycles. The van der Waals surface area contributed by atoms with E-state index in [4.69, 9.17) is 33.5 Å². The number of rotatable bonds is 2. The van der Waals surface area contributed by atoms with E-state index in [-0.39, 0.29) is 5.56 Å². The first-order valence-corrected chi connectivity index (χ1v) is 8.25. The molecule has 30 heavy (non-hydrogen) atoms. The summed E-state index contributed by atoms with van der Waals surface area (Å²) in [7, 11) is 16.3. The molecule has 0 spiro atoms. The van der Waals surface area contributed by atoms with Crippen LogP contribution < -0.4 is 4.74 Å². The normalized spacial score (nSPS) is 29.3. The maximum absolute atomic E-state index is 15.5. The Labute approximate surface area is 169 Å². The van der Waals surface area contributed by atoms with Gasteiger partial charge in [0.05, 0.1) is 32.9 Å². The SMILES string of the molecule is [B]C1([B])[C@@]2(O)c3c(ccc(Oc4cc(F)cc(C#N)c4)c3[C@@]1([B])F)C(F)(F)C2(F)F. The van der Waals surface area contributed by atoms with Crippen LogP contribution in [0.1, 0.15) is 22.3 Å². The van der Waals surface area contributed by atoms with Gasteiger partial charge in [-0.3, -0.25) is 4.39 Å². The molecule has 1 N–H and O–H groups in total. The Morgan fingerprint density at radius 2 is 1.60 bits per heavy atom. The largest absolute Gasteiger partial charge is 0.457 e. The molecule has 2 atom stereocenters. The highest BCUT2D eigenvalue weighted by molar-refractivity contribution is 6.46. The molecule has 146 valence electrons. The molecule has 12 heteroatoms. The predicted molar refractivity (Wildman–Crippen MR) is 93.1 cm³/mol. The number of halogens is 6. The van der Waals surface area contributed by atoms with E-state index >= 15 is 4.39 Å². The van der Waals surface area contributed by atoms with Gasteiger partial charge in [-0.15, -0.1) is 0 Å². The highest BCUT2D eigenvalue weighted by Crippen LogP contribution is 2.76. The molecule has 0 aliphatic heterocycles. The van der Waals surface area contributed by atoms with E-state index in [0.29, 0.717) is 12.1 Å². The van der Waals surface area contributed by atoms with Crippen LogP contribution in [-0.4, -0.2) is 34.6 Å². The molecule has 2 aromatic rings. The van der Waals surface area contributed by atoms with Crippen LogP contribution in [0.25, 0.3) is 0 Å². The van der Waals surface area contributed by atoms with E-state index in [2.05, 4.69) is 0 Å². The van der Waals surface area contributed by atoms with Crippen LogP contribution in [0.15, 0.2) is 30.3 Å². The smallest absolute Gasteiger partial charge is 0.345 e. The van der Waals surface area contributed by atoms with Gasteiger partial charge in [-0.05, 0) is 29.5 Å². The molecule has 2 aromatic carbocycles. The Morgan fingerprint density at radius 3 is 2.20 bits per heavy atom. The summed E-state index contributed by atoms with van der Waals surface area (Å²) in [5, 5.41) is 15.9. The Bertz CT molecular complexity index is 1150. The first kappa shape index (κ1) is 20.7. The minimum Gasteiger partial charge on any atom is -0.457 e. The Morgan fingerprint density at radius 1 is 0.967 bits per heavy atom. The standard InChI is InChI=1S/C18H6B3F6NO2/c19-15(23)13-11(30-9-4-7(6-28)3-8(22)5-9)2-1-10-12(13)14(29,17(15,20)21)18(26,27)16(10,24)25/h1-5,29H/t14-,15+/m0/s1. The van der Waals surface area contributed by atoms with E-state index in [1.54, 1.807) is 6.07 Å². The Balaban J connectivity index is 2.01. The maximum Gasteiger partial charge on any atom is 0.345 e.